The Morgan fingerprint density at radius 2 is 1.71 bits per heavy atom. The lowest BCUT2D eigenvalue weighted by Gasteiger charge is -2.45. The first-order valence-corrected chi connectivity index (χ1v) is 17.0. The fourth-order valence-corrected chi connectivity index (χ4v) is 8.19. The molecule has 41 heavy (non-hydrogen) atoms. The van der Waals surface area contributed by atoms with E-state index in [-0.39, 0.29) is 40.7 Å². The van der Waals surface area contributed by atoms with Crippen molar-refractivity contribution in [2.45, 2.75) is 124 Å². The van der Waals surface area contributed by atoms with Crippen LogP contribution in [0.25, 0.3) is 0 Å². The van der Waals surface area contributed by atoms with Crippen LogP contribution < -0.4 is 10.6 Å². The van der Waals surface area contributed by atoms with Crippen LogP contribution in [0.5, 0.6) is 0 Å². The fraction of sp³-hybridized carbons (Fsp3) is 0.900. The summed E-state index contributed by atoms with van der Waals surface area (Å²) in [4.78, 5) is 40.4. The molecule has 0 heterocycles. The molecule has 0 radical (unpaired) electrons. The summed E-state index contributed by atoms with van der Waals surface area (Å²) in [6.07, 6.45) is 8.65. The third kappa shape index (κ3) is 14.3. The Balaban J connectivity index is 2.63. The smallest absolute Gasteiger partial charge is 0.446 e. The molecule has 1 rings (SSSR count). The molecule has 238 valence electrons. The Hall–Kier alpha value is -1.78. The normalized spacial score (nSPS) is 21.4. The van der Waals surface area contributed by atoms with Gasteiger partial charge in [-0.05, 0) is 61.2 Å². The maximum absolute atomic E-state index is 12.8. The van der Waals surface area contributed by atoms with Crippen molar-refractivity contribution in [3.8, 4) is 0 Å². The Morgan fingerprint density at radius 1 is 1.05 bits per heavy atom. The molecule has 0 saturated heterocycles. The molecule has 3 atom stereocenters. The Morgan fingerprint density at radius 3 is 2.29 bits per heavy atom. The first-order chi connectivity index (χ1) is 19.2. The molecular weight excluding hydrogens is 542 g/mol. The van der Waals surface area contributed by atoms with Gasteiger partial charge in [0.2, 0.25) is 12.0 Å². The first kappa shape index (κ1) is 37.2. The number of carbonyl (C=O) groups excluding carboxylic acids is 3. The van der Waals surface area contributed by atoms with E-state index in [1.165, 1.54) is 0 Å². The Kier molecular flexibility index (Phi) is 15.8. The van der Waals surface area contributed by atoms with Gasteiger partial charge in [-0.3, -0.25) is 4.79 Å². The minimum Gasteiger partial charge on any atom is -0.446 e. The van der Waals surface area contributed by atoms with E-state index in [1.54, 1.807) is 27.4 Å². The fourth-order valence-electron chi connectivity index (χ4n) is 6.10. The van der Waals surface area contributed by atoms with Gasteiger partial charge in [-0.2, -0.15) is 0 Å². The van der Waals surface area contributed by atoms with Gasteiger partial charge in [-0.15, -0.1) is 0 Å². The maximum atomic E-state index is 12.8. The number of aliphatic imine (C=N–C) groups is 1. The van der Waals surface area contributed by atoms with E-state index in [2.05, 4.69) is 57.2 Å². The molecule has 1 fully saturated rings. The second-order valence-electron chi connectivity index (χ2n) is 13.6. The van der Waals surface area contributed by atoms with Crippen LogP contribution in [-0.2, 0) is 27.6 Å². The monoisotopic (exact) mass is 599 g/mol. The van der Waals surface area contributed by atoms with Gasteiger partial charge in [-0.1, -0.05) is 54.4 Å². The number of unbranched alkanes of at least 4 members (excludes halogenated alkanes) is 2. The Bertz CT molecular complexity index is 851. The van der Waals surface area contributed by atoms with Crippen LogP contribution in [0, 0.1) is 16.2 Å². The number of nitrogens with one attached hydrogen (secondary N) is 2. The van der Waals surface area contributed by atoms with Crippen LogP contribution in [0.2, 0.25) is 6.04 Å². The van der Waals surface area contributed by atoms with Gasteiger partial charge in [0.25, 0.3) is 0 Å². The minimum absolute atomic E-state index is 0.0105. The predicted molar refractivity (Wildman–Crippen MR) is 162 cm³/mol. The summed E-state index contributed by atoms with van der Waals surface area (Å²) in [6.45, 7) is 13.7. The molecule has 11 heteroatoms. The van der Waals surface area contributed by atoms with Gasteiger partial charge >= 0.3 is 14.9 Å². The summed E-state index contributed by atoms with van der Waals surface area (Å²) in [5.41, 5.74) is -0.356. The highest BCUT2D eigenvalue weighted by molar-refractivity contribution is 6.60. The van der Waals surface area contributed by atoms with E-state index < -0.39 is 14.9 Å². The second-order valence-corrected chi connectivity index (χ2v) is 16.7. The highest BCUT2D eigenvalue weighted by atomic mass is 28.4. The van der Waals surface area contributed by atoms with Gasteiger partial charge in [0.15, 0.2) is 0 Å². The van der Waals surface area contributed by atoms with Crippen molar-refractivity contribution in [1.82, 2.24) is 10.6 Å². The standard InChI is InChI=1S/C30H57N3O7Si/c1-10-11-12-13-25(14-15-26(35)31-21-28(2,3)16-17-41(37-7,38-8)39-9)40-27(36)32-22-30(6)19-24(33-23-34)18-29(4,5)20-30/h24-25H,10-22H2,1-9H3,(H,31,35)(H,32,36). The van der Waals surface area contributed by atoms with Crippen LogP contribution >= 0.6 is 0 Å². The lowest BCUT2D eigenvalue weighted by Crippen LogP contribution is -2.45. The Labute approximate surface area is 249 Å². The van der Waals surface area contributed by atoms with Crippen LogP contribution in [0.15, 0.2) is 4.99 Å². The van der Waals surface area contributed by atoms with Crippen LogP contribution in [0.1, 0.15) is 106 Å². The summed E-state index contributed by atoms with van der Waals surface area (Å²) in [7, 11) is 2.14. The van der Waals surface area contributed by atoms with Gasteiger partial charge in [0.1, 0.15) is 6.10 Å². The van der Waals surface area contributed by atoms with Crippen molar-refractivity contribution in [2.24, 2.45) is 21.2 Å². The molecule has 2 N–H and O–H groups in total. The number of hydrogen-bond donors (Lipinski definition) is 2. The van der Waals surface area contributed by atoms with Crippen molar-refractivity contribution in [3.63, 3.8) is 0 Å². The van der Waals surface area contributed by atoms with Crippen molar-refractivity contribution >= 4 is 26.9 Å². The van der Waals surface area contributed by atoms with Gasteiger partial charge in [-0.25, -0.2) is 14.6 Å². The van der Waals surface area contributed by atoms with Gasteiger partial charge in [0.05, 0.1) is 6.04 Å². The van der Waals surface area contributed by atoms with E-state index in [9.17, 15) is 14.4 Å². The zero-order chi connectivity index (χ0) is 31.2. The lowest BCUT2D eigenvalue weighted by molar-refractivity contribution is -0.122. The largest absolute Gasteiger partial charge is 0.500 e. The predicted octanol–water partition coefficient (Wildman–Crippen LogP) is 5.77. The second kappa shape index (κ2) is 17.4. The summed E-state index contributed by atoms with van der Waals surface area (Å²) in [6, 6.07) is 0.567. The third-order valence-electron chi connectivity index (χ3n) is 8.22. The molecule has 0 aromatic carbocycles. The van der Waals surface area contributed by atoms with Gasteiger partial charge < -0.3 is 28.6 Å². The zero-order valence-electron chi connectivity index (χ0n) is 27.2. The molecule has 10 nitrogen and oxygen atoms in total. The van der Waals surface area contributed by atoms with Gasteiger partial charge in [0, 0.05) is 46.9 Å². The maximum Gasteiger partial charge on any atom is 0.500 e. The number of nitrogens with zero attached hydrogens (tertiary/aromatic N) is 1. The number of rotatable bonds is 19. The SMILES string of the molecule is CCCCCC(CCC(=O)NCC(C)(C)CC[Si](OC)(OC)OC)OC(=O)NCC1(C)CC(N=C=O)CC(C)(C)C1. The molecule has 0 aromatic heterocycles. The highest BCUT2D eigenvalue weighted by Crippen LogP contribution is 2.46. The molecule has 1 saturated carbocycles. The number of carbonyl (C=O) groups is 2. The molecule has 2 amide bonds. The van der Waals surface area contributed by atoms with Crippen LogP contribution in [-0.4, -0.2) is 73.4 Å². The first-order valence-electron chi connectivity index (χ1n) is 15.1. The van der Waals surface area contributed by atoms with Crippen LogP contribution in [0.3, 0.4) is 0 Å². The number of amides is 2. The molecule has 1 aliphatic rings. The third-order valence-corrected chi connectivity index (χ3v) is 10.9. The van der Waals surface area contributed by atoms with E-state index in [0.717, 1.165) is 44.9 Å². The summed E-state index contributed by atoms with van der Waals surface area (Å²) >= 11 is 0. The van der Waals surface area contributed by atoms with Crippen LogP contribution in [0.4, 0.5) is 4.79 Å². The number of hydrogen-bond acceptors (Lipinski definition) is 8. The van der Waals surface area contributed by atoms with Crippen molar-refractivity contribution in [2.75, 3.05) is 34.4 Å². The van der Waals surface area contributed by atoms with E-state index >= 15 is 0 Å². The van der Waals surface area contributed by atoms with E-state index in [4.69, 9.17) is 18.0 Å². The quantitative estimate of drug-likeness (QED) is 0.0835. The average molecular weight is 600 g/mol. The minimum atomic E-state index is -2.67. The average Bonchev–Trinajstić information content (AvgIpc) is 2.90. The molecule has 0 spiro atoms. The molecule has 0 aliphatic heterocycles. The summed E-state index contributed by atoms with van der Waals surface area (Å²) in [5, 5.41) is 6.00. The van der Waals surface area contributed by atoms with Crippen molar-refractivity contribution in [3.05, 3.63) is 0 Å². The molecule has 3 unspecified atom stereocenters. The summed E-state index contributed by atoms with van der Waals surface area (Å²) in [5.74, 6) is -0.0602. The van der Waals surface area contributed by atoms with E-state index in [0.29, 0.717) is 32.0 Å². The van der Waals surface area contributed by atoms with E-state index in [1.807, 2.05) is 0 Å². The van der Waals surface area contributed by atoms with Crippen molar-refractivity contribution < 1.29 is 32.4 Å². The molecule has 0 bridgehead atoms. The number of ether oxygens (including phenoxy) is 1. The molecule has 0 aromatic rings. The lowest BCUT2D eigenvalue weighted by atomic mass is 9.63. The summed E-state index contributed by atoms with van der Waals surface area (Å²) < 4.78 is 22.4. The van der Waals surface area contributed by atoms with Crippen molar-refractivity contribution in [1.29, 1.82) is 0 Å². The topological polar surface area (TPSA) is 125 Å². The number of alkyl carbamates (subject to hydrolysis) is 1. The molecular formula is C30H57N3O7Si. The zero-order valence-corrected chi connectivity index (χ0v) is 28.2. The molecule has 1 aliphatic carbocycles. The number of isocyanates is 1. The highest BCUT2D eigenvalue weighted by Gasteiger charge is 2.42.